The smallest absolute Gasteiger partial charge is 0.410 e. The maximum atomic E-state index is 14.4. The number of anilines is 1. The molecule has 3 aromatic heterocycles. The first-order chi connectivity index (χ1) is 20.6. The van der Waals surface area contributed by atoms with E-state index in [0.29, 0.717) is 0 Å². The lowest BCUT2D eigenvalue weighted by Crippen LogP contribution is -2.37. The molecule has 0 saturated carbocycles. The number of fused-ring (bicyclic) bond motifs is 1. The number of carbonyl (C=O) groups is 3. The number of carbonyl (C=O) groups excluding carboxylic acids is 3. The third kappa shape index (κ3) is 9.02. The number of aryl methyl sites for hydroxylation is 1. The SMILES string of the molecule is CN(C)C(=O)/C=C/CCC(OC(=O)N(C)C)C(=O)Nc1ccc(Cl)n(Cc2nc3c(F)cnc(CCC(F)(F)F)c3[nH]2)c1=O. The van der Waals surface area contributed by atoms with Crippen LogP contribution in [0.3, 0.4) is 0 Å². The van der Waals surface area contributed by atoms with Crippen LogP contribution >= 0.6 is 11.6 Å². The summed E-state index contributed by atoms with van der Waals surface area (Å²) in [5.41, 5.74) is -1.40. The highest BCUT2D eigenvalue weighted by Crippen LogP contribution is 2.25. The summed E-state index contributed by atoms with van der Waals surface area (Å²) in [6.07, 6.45) is -4.55. The number of rotatable bonds is 11. The van der Waals surface area contributed by atoms with Gasteiger partial charge < -0.3 is 24.8 Å². The Labute approximate surface area is 253 Å². The first-order valence-corrected chi connectivity index (χ1v) is 13.5. The number of nitrogens with one attached hydrogen (secondary N) is 2. The molecule has 12 nitrogen and oxygen atoms in total. The zero-order valence-corrected chi connectivity index (χ0v) is 24.9. The molecule has 0 aliphatic heterocycles. The van der Waals surface area contributed by atoms with Crippen LogP contribution in [0.2, 0.25) is 5.15 Å². The Morgan fingerprint density at radius 3 is 2.52 bits per heavy atom. The number of imidazole rings is 1. The monoisotopic (exact) mass is 643 g/mol. The van der Waals surface area contributed by atoms with Crippen molar-refractivity contribution in [2.45, 2.75) is 44.5 Å². The molecule has 3 rings (SSSR count). The predicted molar refractivity (Wildman–Crippen MR) is 153 cm³/mol. The topological polar surface area (TPSA) is 143 Å². The molecular formula is C27H30ClF4N7O5. The van der Waals surface area contributed by atoms with Gasteiger partial charge in [-0.3, -0.25) is 23.9 Å². The quantitative estimate of drug-likeness (QED) is 0.183. The standard InChI is InChI=1S/C27H30ClF4N7O5/c1-37(2)21(40)8-6-5-7-18(44-26(43)38(3)4)24(41)34-17-9-10-19(28)39(25(17)42)14-20-35-22-15(29)13-33-16(23(22)36-20)11-12-27(30,31)32/h6,8-10,13,18H,5,7,11-12,14H2,1-4H3,(H,34,41)(H,35,36)/b8-6+. The van der Waals surface area contributed by atoms with Crippen LogP contribution in [-0.2, 0) is 27.3 Å². The minimum Gasteiger partial charge on any atom is -0.436 e. The van der Waals surface area contributed by atoms with Gasteiger partial charge >= 0.3 is 12.3 Å². The number of aromatic nitrogens is 4. The first-order valence-electron chi connectivity index (χ1n) is 13.1. The molecule has 3 aromatic rings. The highest BCUT2D eigenvalue weighted by molar-refractivity contribution is 6.29. The summed E-state index contributed by atoms with van der Waals surface area (Å²) in [6, 6.07) is 2.53. The molecule has 0 spiro atoms. The fourth-order valence-electron chi connectivity index (χ4n) is 3.80. The second-order valence-corrected chi connectivity index (χ2v) is 10.4. The van der Waals surface area contributed by atoms with E-state index in [0.717, 1.165) is 15.7 Å². The van der Waals surface area contributed by atoms with Crippen LogP contribution in [0.5, 0.6) is 0 Å². The van der Waals surface area contributed by atoms with E-state index in [2.05, 4.69) is 20.3 Å². The average molecular weight is 644 g/mol. The lowest BCUT2D eigenvalue weighted by atomic mass is 10.1. The molecule has 0 fully saturated rings. The summed E-state index contributed by atoms with van der Waals surface area (Å²) >= 11 is 6.23. The van der Waals surface area contributed by atoms with Gasteiger partial charge in [0.1, 0.15) is 22.2 Å². The van der Waals surface area contributed by atoms with Crippen LogP contribution in [0.1, 0.15) is 30.8 Å². The highest BCUT2D eigenvalue weighted by atomic mass is 35.5. The van der Waals surface area contributed by atoms with E-state index >= 15 is 0 Å². The van der Waals surface area contributed by atoms with E-state index in [-0.39, 0.29) is 58.7 Å². The Hall–Kier alpha value is -4.47. The Bertz CT molecular complexity index is 1620. The number of pyridine rings is 2. The van der Waals surface area contributed by atoms with Crippen molar-refractivity contribution in [2.24, 2.45) is 0 Å². The van der Waals surface area contributed by atoms with Crippen molar-refractivity contribution in [1.82, 2.24) is 29.3 Å². The molecule has 0 radical (unpaired) electrons. The molecule has 17 heteroatoms. The molecule has 0 bridgehead atoms. The predicted octanol–water partition coefficient (Wildman–Crippen LogP) is 3.89. The highest BCUT2D eigenvalue weighted by Gasteiger charge is 2.28. The summed E-state index contributed by atoms with van der Waals surface area (Å²) < 4.78 is 58.9. The molecule has 44 heavy (non-hydrogen) atoms. The Morgan fingerprint density at radius 1 is 1.18 bits per heavy atom. The van der Waals surface area contributed by atoms with E-state index in [4.69, 9.17) is 16.3 Å². The Morgan fingerprint density at radius 2 is 1.89 bits per heavy atom. The van der Waals surface area contributed by atoms with Gasteiger partial charge in [0.15, 0.2) is 11.9 Å². The number of amides is 3. The number of hydrogen-bond acceptors (Lipinski definition) is 7. The van der Waals surface area contributed by atoms with Gasteiger partial charge in [0, 0.05) is 41.0 Å². The van der Waals surface area contributed by atoms with Crippen LogP contribution in [0.4, 0.5) is 28.0 Å². The van der Waals surface area contributed by atoms with Crippen LogP contribution in [0.15, 0.2) is 35.3 Å². The maximum Gasteiger partial charge on any atom is 0.410 e. The second-order valence-electron chi connectivity index (χ2n) is 10.0. The van der Waals surface area contributed by atoms with Crippen molar-refractivity contribution >= 4 is 46.2 Å². The van der Waals surface area contributed by atoms with Crippen LogP contribution < -0.4 is 10.9 Å². The average Bonchev–Trinajstić information content (AvgIpc) is 3.37. The van der Waals surface area contributed by atoms with E-state index in [1.165, 1.54) is 43.3 Å². The third-order valence-corrected chi connectivity index (χ3v) is 6.46. The van der Waals surface area contributed by atoms with Gasteiger partial charge in [0.2, 0.25) is 5.91 Å². The number of allylic oxidation sites excluding steroid dienone is 1. The van der Waals surface area contributed by atoms with Gasteiger partial charge in [-0.1, -0.05) is 17.7 Å². The van der Waals surface area contributed by atoms with Crippen molar-refractivity contribution in [1.29, 1.82) is 0 Å². The number of aromatic amines is 1. The first kappa shape index (κ1) is 34.0. The Kier molecular flexibility index (Phi) is 11.1. The normalized spacial score (nSPS) is 12.4. The minimum absolute atomic E-state index is 0.00974. The molecule has 0 aromatic carbocycles. The van der Waals surface area contributed by atoms with Crippen molar-refractivity contribution < 1.29 is 36.7 Å². The van der Waals surface area contributed by atoms with Gasteiger partial charge in [-0.15, -0.1) is 0 Å². The van der Waals surface area contributed by atoms with Gasteiger partial charge in [-0.25, -0.2) is 14.2 Å². The number of nitrogens with zero attached hydrogens (tertiary/aromatic N) is 5. The van der Waals surface area contributed by atoms with E-state index in [9.17, 15) is 36.7 Å². The van der Waals surface area contributed by atoms with Crippen molar-refractivity contribution in [3.63, 3.8) is 0 Å². The summed E-state index contributed by atoms with van der Waals surface area (Å²) in [5, 5.41) is 2.33. The number of likely N-dealkylation sites (N-methyl/N-ethyl adjacent to an activating group) is 1. The summed E-state index contributed by atoms with van der Waals surface area (Å²) in [6.45, 7) is -0.363. The number of halogens is 5. The van der Waals surface area contributed by atoms with Gasteiger partial charge in [0.05, 0.1) is 24.0 Å². The summed E-state index contributed by atoms with van der Waals surface area (Å²) in [7, 11) is 5.98. The largest absolute Gasteiger partial charge is 0.436 e. The molecule has 2 N–H and O–H groups in total. The molecule has 0 saturated heterocycles. The van der Waals surface area contributed by atoms with Crippen molar-refractivity contribution in [2.75, 3.05) is 33.5 Å². The fourth-order valence-corrected chi connectivity index (χ4v) is 4.00. The Balaban J connectivity index is 1.84. The fraction of sp³-hybridized carbons (Fsp3) is 0.407. The molecule has 3 heterocycles. The lowest BCUT2D eigenvalue weighted by molar-refractivity contribution is -0.134. The zero-order valence-electron chi connectivity index (χ0n) is 24.2. The maximum absolute atomic E-state index is 14.4. The van der Waals surface area contributed by atoms with E-state index in [1.54, 1.807) is 14.1 Å². The second kappa shape index (κ2) is 14.3. The van der Waals surface area contributed by atoms with Gasteiger partial charge in [-0.05, 0) is 31.1 Å². The molecule has 1 unspecified atom stereocenters. The van der Waals surface area contributed by atoms with Crippen LogP contribution in [0.25, 0.3) is 11.0 Å². The minimum atomic E-state index is -4.46. The van der Waals surface area contributed by atoms with Gasteiger partial charge in [0.25, 0.3) is 11.5 Å². The number of H-pyrrole nitrogens is 1. The van der Waals surface area contributed by atoms with Crippen LogP contribution in [0, 0.1) is 5.82 Å². The van der Waals surface area contributed by atoms with Gasteiger partial charge in [-0.2, -0.15) is 13.2 Å². The molecule has 0 aliphatic rings. The molecule has 3 amide bonds. The van der Waals surface area contributed by atoms with Crippen molar-refractivity contribution in [3.8, 4) is 0 Å². The number of hydrogen-bond donors (Lipinski definition) is 2. The molecular weight excluding hydrogens is 614 g/mol. The summed E-state index contributed by atoms with van der Waals surface area (Å²) in [5.74, 6) is -2.00. The number of alkyl halides is 3. The third-order valence-electron chi connectivity index (χ3n) is 6.13. The lowest BCUT2D eigenvalue weighted by Gasteiger charge is -2.20. The summed E-state index contributed by atoms with van der Waals surface area (Å²) in [4.78, 5) is 63.3. The van der Waals surface area contributed by atoms with E-state index < -0.39 is 48.5 Å². The zero-order chi connectivity index (χ0) is 32.8. The molecule has 238 valence electrons. The molecule has 0 aliphatic carbocycles. The van der Waals surface area contributed by atoms with Crippen molar-refractivity contribution in [3.05, 3.63) is 63.3 Å². The number of ether oxygens (including phenoxy) is 1. The molecule has 1 atom stereocenters. The van der Waals surface area contributed by atoms with E-state index in [1.807, 2.05) is 0 Å². The van der Waals surface area contributed by atoms with Crippen LogP contribution in [-0.4, -0.2) is 87.7 Å².